The molecular weight excluding hydrogens is 242 g/mol. The number of nitro benzene ring substituents is 1. The monoisotopic (exact) mass is 257 g/mol. The summed E-state index contributed by atoms with van der Waals surface area (Å²) in [5.74, 6) is 0.292. The Hall–Kier alpha value is -2.06. The lowest BCUT2D eigenvalue weighted by Gasteiger charge is -2.13. The topological polar surface area (TPSA) is 131 Å². The zero-order valence-corrected chi connectivity index (χ0v) is 9.63. The molecule has 8 heteroatoms. The van der Waals surface area contributed by atoms with Crippen LogP contribution in [0.2, 0.25) is 0 Å². The largest absolute Gasteiger partial charge is 0.489 e. The van der Waals surface area contributed by atoms with E-state index in [4.69, 9.17) is 20.7 Å². The second-order valence-corrected chi connectivity index (χ2v) is 3.39. The maximum Gasteiger partial charge on any atom is 0.294 e. The molecule has 0 fully saturated rings. The van der Waals surface area contributed by atoms with Gasteiger partial charge in [-0.15, -0.1) is 0 Å². The first-order valence-electron chi connectivity index (χ1n) is 5.26. The van der Waals surface area contributed by atoms with Crippen LogP contribution in [0.15, 0.2) is 12.1 Å². The maximum atomic E-state index is 10.7. The van der Waals surface area contributed by atoms with Crippen molar-refractivity contribution in [1.29, 1.82) is 0 Å². The van der Waals surface area contributed by atoms with E-state index in [0.29, 0.717) is 11.4 Å². The van der Waals surface area contributed by atoms with E-state index in [1.807, 2.05) is 0 Å². The molecule has 0 bridgehead atoms. The van der Waals surface area contributed by atoms with Crippen molar-refractivity contribution < 1.29 is 19.9 Å². The predicted molar refractivity (Wildman–Crippen MR) is 65.7 cm³/mol. The molecule has 0 unspecified atom stereocenters. The first kappa shape index (κ1) is 14.0. The van der Waals surface area contributed by atoms with E-state index in [1.54, 1.807) is 0 Å². The Morgan fingerprint density at radius 1 is 1.39 bits per heavy atom. The number of nitrogens with one attached hydrogen (secondary N) is 1. The molecule has 0 saturated heterocycles. The summed E-state index contributed by atoms with van der Waals surface area (Å²) >= 11 is 0. The third-order valence-corrected chi connectivity index (χ3v) is 2.10. The third-order valence-electron chi connectivity index (χ3n) is 2.10. The van der Waals surface area contributed by atoms with Crippen LogP contribution in [0.3, 0.4) is 0 Å². The number of benzene rings is 1. The van der Waals surface area contributed by atoms with Crippen LogP contribution < -0.4 is 15.8 Å². The summed E-state index contributed by atoms with van der Waals surface area (Å²) in [7, 11) is 0. The Kier molecular flexibility index (Phi) is 5.15. The van der Waals surface area contributed by atoms with E-state index in [0.717, 1.165) is 0 Å². The van der Waals surface area contributed by atoms with Crippen molar-refractivity contribution in [3.05, 3.63) is 22.2 Å². The normalized spacial score (nSPS) is 10.1. The standard InChI is InChI=1S/C10H15N3O5/c11-7-5-10(18-4-3-15)8(12-1-2-14)6-9(7)13(16)17/h5-6,12,14-15H,1-4,11H2. The third kappa shape index (κ3) is 3.47. The number of ether oxygens (including phenoxy) is 1. The van der Waals surface area contributed by atoms with Gasteiger partial charge in [0.25, 0.3) is 5.69 Å². The number of hydrogen-bond donors (Lipinski definition) is 4. The summed E-state index contributed by atoms with van der Waals surface area (Å²) in [6, 6.07) is 2.55. The van der Waals surface area contributed by atoms with Crippen molar-refractivity contribution in [2.24, 2.45) is 0 Å². The number of nitro groups is 1. The van der Waals surface area contributed by atoms with Gasteiger partial charge in [0.05, 0.1) is 23.8 Å². The lowest BCUT2D eigenvalue weighted by atomic mass is 10.2. The summed E-state index contributed by atoms with van der Waals surface area (Å²) in [4.78, 5) is 10.1. The summed E-state index contributed by atoms with van der Waals surface area (Å²) in [6.45, 7) is -0.0461. The van der Waals surface area contributed by atoms with Gasteiger partial charge in [0.2, 0.25) is 0 Å². The fraction of sp³-hybridized carbons (Fsp3) is 0.400. The SMILES string of the molecule is Nc1cc(OCCO)c(NCCO)cc1[N+](=O)[O-]. The molecule has 0 aliphatic carbocycles. The van der Waals surface area contributed by atoms with Crippen molar-refractivity contribution in [2.45, 2.75) is 0 Å². The first-order chi connectivity index (χ1) is 8.60. The second kappa shape index (κ2) is 6.62. The summed E-state index contributed by atoms with van der Waals surface area (Å²) < 4.78 is 5.20. The quantitative estimate of drug-likeness (QED) is 0.306. The molecule has 0 aliphatic rings. The van der Waals surface area contributed by atoms with Crippen molar-refractivity contribution in [2.75, 3.05) is 37.4 Å². The molecule has 0 amide bonds. The molecule has 1 aromatic carbocycles. The molecule has 0 aliphatic heterocycles. The number of anilines is 2. The van der Waals surface area contributed by atoms with Crippen LogP contribution >= 0.6 is 0 Å². The number of hydrogen-bond acceptors (Lipinski definition) is 7. The molecule has 0 heterocycles. The zero-order chi connectivity index (χ0) is 13.5. The highest BCUT2D eigenvalue weighted by atomic mass is 16.6. The van der Waals surface area contributed by atoms with Crippen LogP contribution in [0.25, 0.3) is 0 Å². The highest BCUT2D eigenvalue weighted by Crippen LogP contribution is 2.34. The van der Waals surface area contributed by atoms with Gasteiger partial charge in [-0.3, -0.25) is 10.1 Å². The summed E-state index contributed by atoms with van der Waals surface area (Å²) in [6.07, 6.45) is 0. The maximum absolute atomic E-state index is 10.7. The van der Waals surface area contributed by atoms with E-state index in [1.165, 1.54) is 12.1 Å². The smallest absolute Gasteiger partial charge is 0.294 e. The molecule has 5 N–H and O–H groups in total. The van der Waals surface area contributed by atoms with Crippen LogP contribution in [0.4, 0.5) is 17.1 Å². The summed E-state index contributed by atoms with van der Waals surface area (Å²) in [5.41, 5.74) is 5.61. The lowest BCUT2D eigenvalue weighted by molar-refractivity contribution is -0.383. The average Bonchev–Trinajstić information content (AvgIpc) is 2.34. The molecule has 0 radical (unpaired) electrons. The Balaban J connectivity index is 3.06. The van der Waals surface area contributed by atoms with E-state index in [2.05, 4.69) is 5.32 Å². The molecular formula is C10H15N3O5. The van der Waals surface area contributed by atoms with E-state index < -0.39 is 4.92 Å². The van der Waals surface area contributed by atoms with Gasteiger partial charge in [-0.2, -0.15) is 0 Å². The van der Waals surface area contributed by atoms with Crippen molar-refractivity contribution >= 4 is 17.1 Å². The molecule has 0 aromatic heterocycles. The molecule has 18 heavy (non-hydrogen) atoms. The van der Waals surface area contributed by atoms with Gasteiger partial charge >= 0.3 is 0 Å². The fourth-order valence-electron chi connectivity index (χ4n) is 1.35. The lowest BCUT2D eigenvalue weighted by Crippen LogP contribution is -2.10. The molecule has 100 valence electrons. The number of nitrogens with zero attached hydrogens (tertiary/aromatic N) is 1. The number of nitrogen functional groups attached to an aromatic ring is 1. The predicted octanol–water partition coefficient (Wildman–Crippen LogP) is -0.0477. The number of aliphatic hydroxyl groups is 2. The molecule has 1 rings (SSSR count). The van der Waals surface area contributed by atoms with Gasteiger partial charge < -0.3 is 26.0 Å². The molecule has 1 aromatic rings. The number of rotatable bonds is 7. The summed E-state index contributed by atoms with van der Waals surface area (Å²) in [5, 5.41) is 30.9. The minimum absolute atomic E-state index is 0.0255. The Labute approximate surface area is 103 Å². The van der Waals surface area contributed by atoms with Gasteiger partial charge in [-0.1, -0.05) is 0 Å². The van der Waals surface area contributed by atoms with E-state index >= 15 is 0 Å². The first-order valence-corrected chi connectivity index (χ1v) is 5.26. The highest BCUT2D eigenvalue weighted by Gasteiger charge is 2.16. The zero-order valence-electron chi connectivity index (χ0n) is 9.63. The Morgan fingerprint density at radius 2 is 2.11 bits per heavy atom. The van der Waals surface area contributed by atoms with Crippen LogP contribution in [-0.2, 0) is 0 Å². The second-order valence-electron chi connectivity index (χ2n) is 3.39. The minimum Gasteiger partial charge on any atom is -0.489 e. The minimum atomic E-state index is -0.602. The van der Waals surface area contributed by atoms with Crippen LogP contribution in [0, 0.1) is 10.1 Å². The van der Waals surface area contributed by atoms with Crippen molar-refractivity contribution in [1.82, 2.24) is 0 Å². The Bertz CT molecular complexity index is 424. The van der Waals surface area contributed by atoms with Crippen molar-refractivity contribution in [3.63, 3.8) is 0 Å². The van der Waals surface area contributed by atoms with Crippen LogP contribution in [0.5, 0.6) is 5.75 Å². The number of nitrogens with two attached hydrogens (primary N) is 1. The van der Waals surface area contributed by atoms with Gasteiger partial charge in [0, 0.05) is 18.7 Å². The van der Waals surface area contributed by atoms with Crippen LogP contribution in [0.1, 0.15) is 0 Å². The average molecular weight is 257 g/mol. The fourth-order valence-corrected chi connectivity index (χ4v) is 1.35. The van der Waals surface area contributed by atoms with Gasteiger partial charge in [0.15, 0.2) is 0 Å². The number of aliphatic hydroxyl groups excluding tert-OH is 2. The van der Waals surface area contributed by atoms with Gasteiger partial charge in [-0.25, -0.2) is 0 Å². The highest BCUT2D eigenvalue weighted by molar-refractivity contribution is 5.72. The molecule has 8 nitrogen and oxygen atoms in total. The molecule has 0 atom stereocenters. The molecule has 0 spiro atoms. The van der Waals surface area contributed by atoms with Crippen molar-refractivity contribution in [3.8, 4) is 5.75 Å². The van der Waals surface area contributed by atoms with Gasteiger partial charge in [0.1, 0.15) is 18.0 Å². The van der Waals surface area contributed by atoms with Gasteiger partial charge in [-0.05, 0) is 0 Å². The molecule has 0 saturated carbocycles. The van der Waals surface area contributed by atoms with E-state index in [-0.39, 0.29) is 37.7 Å². The van der Waals surface area contributed by atoms with Crippen LogP contribution in [-0.4, -0.2) is 41.5 Å². The Morgan fingerprint density at radius 3 is 2.67 bits per heavy atom. The van der Waals surface area contributed by atoms with E-state index in [9.17, 15) is 10.1 Å².